The number of nitrogens with two attached hydrogens (primary N) is 1. The number of hydrogen-bond acceptors (Lipinski definition) is 3. The van der Waals surface area contributed by atoms with E-state index >= 15 is 0 Å². The van der Waals surface area contributed by atoms with Gasteiger partial charge in [-0.25, -0.2) is 0 Å². The summed E-state index contributed by atoms with van der Waals surface area (Å²) in [7, 11) is 0. The van der Waals surface area contributed by atoms with Crippen molar-refractivity contribution in [1.82, 2.24) is 4.68 Å². The van der Waals surface area contributed by atoms with Crippen molar-refractivity contribution in [3.8, 4) is 0 Å². The van der Waals surface area contributed by atoms with E-state index in [1.54, 1.807) is 12.3 Å². The van der Waals surface area contributed by atoms with Crippen LogP contribution in [-0.4, -0.2) is 10.9 Å². The Labute approximate surface area is 105 Å². The van der Waals surface area contributed by atoms with Crippen LogP contribution in [0.25, 0.3) is 0 Å². The van der Waals surface area contributed by atoms with Gasteiger partial charge in [0.25, 0.3) is 5.56 Å². The molecule has 1 heterocycles. The van der Waals surface area contributed by atoms with Crippen LogP contribution >= 0.6 is 0 Å². The molecule has 0 aliphatic carbocycles. The summed E-state index contributed by atoms with van der Waals surface area (Å²) in [5, 5.41) is 4.10. The molecule has 0 bridgehead atoms. The molecule has 0 saturated heterocycles. The molecule has 0 amide bonds. The SMILES string of the molecule is Cc1ccc(/C=N\n2c(N)cc(C)cc2=O)cc1. The highest BCUT2D eigenvalue weighted by molar-refractivity contribution is 5.79. The van der Waals surface area contributed by atoms with Crippen molar-refractivity contribution in [3.05, 3.63) is 63.4 Å². The Kier molecular flexibility index (Phi) is 3.28. The van der Waals surface area contributed by atoms with Crippen molar-refractivity contribution in [2.24, 2.45) is 5.10 Å². The number of benzene rings is 1. The molecule has 0 fully saturated rings. The average molecular weight is 241 g/mol. The molecule has 0 spiro atoms. The van der Waals surface area contributed by atoms with E-state index in [0.717, 1.165) is 11.1 Å². The maximum absolute atomic E-state index is 11.7. The van der Waals surface area contributed by atoms with E-state index in [0.29, 0.717) is 5.82 Å². The first kappa shape index (κ1) is 12.1. The first-order valence-corrected chi connectivity index (χ1v) is 5.66. The molecule has 2 aromatic rings. The Morgan fingerprint density at radius 1 is 1.11 bits per heavy atom. The largest absolute Gasteiger partial charge is 0.384 e. The predicted molar refractivity (Wildman–Crippen MR) is 74.0 cm³/mol. The van der Waals surface area contributed by atoms with Gasteiger partial charge in [-0.15, -0.1) is 0 Å². The number of nitrogen functional groups attached to an aromatic ring is 1. The van der Waals surface area contributed by atoms with Crippen molar-refractivity contribution >= 4 is 12.0 Å². The summed E-state index contributed by atoms with van der Waals surface area (Å²) in [6.07, 6.45) is 1.62. The Hall–Kier alpha value is -2.36. The number of nitrogens with zero attached hydrogens (tertiary/aromatic N) is 2. The molecule has 1 aromatic carbocycles. The number of anilines is 1. The molecular formula is C14H15N3O. The number of aryl methyl sites for hydroxylation is 2. The summed E-state index contributed by atoms with van der Waals surface area (Å²) >= 11 is 0. The van der Waals surface area contributed by atoms with Crippen LogP contribution in [-0.2, 0) is 0 Å². The van der Waals surface area contributed by atoms with Gasteiger partial charge in [-0.1, -0.05) is 29.8 Å². The van der Waals surface area contributed by atoms with Crippen LogP contribution in [0.15, 0.2) is 46.3 Å². The Morgan fingerprint density at radius 3 is 2.39 bits per heavy atom. The second-order valence-electron chi connectivity index (χ2n) is 4.26. The van der Waals surface area contributed by atoms with Crippen LogP contribution in [0.4, 0.5) is 5.82 Å². The zero-order chi connectivity index (χ0) is 13.1. The fourth-order valence-corrected chi connectivity index (χ4v) is 1.62. The van der Waals surface area contributed by atoms with Gasteiger partial charge in [-0.2, -0.15) is 9.78 Å². The van der Waals surface area contributed by atoms with E-state index in [2.05, 4.69) is 5.10 Å². The van der Waals surface area contributed by atoms with E-state index < -0.39 is 0 Å². The Balaban J connectivity index is 2.35. The predicted octanol–water partition coefficient (Wildman–Crippen LogP) is 1.93. The third-order valence-electron chi connectivity index (χ3n) is 2.58. The van der Waals surface area contributed by atoms with Gasteiger partial charge in [0.1, 0.15) is 5.82 Å². The summed E-state index contributed by atoms with van der Waals surface area (Å²) in [6, 6.07) is 11.1. The van der Waals surface area contributed by atoms with Crippen molar-refractivity contribution in [2.75, 3.05) is 5.73 Å². The first-order valence-electron chi connectivity index (χ1n) is 5.66. The van der Waals surface area contributed by atoms with Crippen molar-refractivity contribution in [3.63, 3.8) is 0 Å². The lowest BCUT2D eigenvalue weighted by molar-refractivity contribution is 0.843. The third-order valence-corrected chi connectivity index (χ3v) is 2.58. The minimum atomic E-state index is -0.226. The van der Waals surface area contributed by atoms with Crippen LogP contribution in [0.3, 0.4) is 0 Å². The lowest BCUT2D eigenvalue weighted by Gasteiger charge is -2.03. The topological polar surface area (TPSA) is 60.4 Å². The van der Waals surface area contributed by atoms with Gasteiger partial charge in [-0.3, -0.25) is 4.79 Å². The molecule has 4 nitrogen and oxygen atoms in total. The maximum Gasteiger partial charge on any atom is 0.273 e. The van der Waals surface area contributed by atoms with Crippen LogP contribution in [0.2, 0.25) is 0 Å². The van der Waals surface area contributed by atoms with E-state index in [-0.39, 0.29) is 5.56 Å². The van der Waals surface area contributed by atoms with Crippen LogP contribution in [0, 0.1) is 13.8 Å². The molecule has 18 heavy (non-hydrogen) atoms. The second-order valence-corrected chi connectivity index (χ2v) is 4.26. The number of aromatic nitrogens is 1. The normalized spacial score (nSPS) is 11.0. The van der Waals surface area contributed by atoms with Gasteiger partial charge in [0.15, 0.2) is 0 Å². The number of pyridine rings is 1. The van der Waals surface area contributed by atoms with Crippen molar-refractivity contribution in [1.29, 1.82) is 0 Å². The van der Waals surface area contributed by atoms with Gasteiger partial charge in [0.2, 0.25) is 0 Å². The molecule has 92 valence electrons. The Morgan fingerprint density at radius 2 is 1.78 bits per heavy atom. The first-order chi connectivity index (χ1) is 8.56. The minimum Gasteiger partial charge on any atom is -0.384 e. The quantitative estimate of drug-likeness (QED) is 0.817. The molecule has 1 aromatic heterocycles. The van der Waals surface area contributed by atoms with E-state index in [1.165, 1.54) is 16.3 Å². The van der Waals surface area contributed by atoms with E-state index in [1.807, 2.05) is 38.1 Å². The fourth-order valence-electron chi connectivity index (χ4n) is 1.62. The van der Waals surface area contributed by atoms with Crippen molar-refractivity contribution < 1.29 is 0 Å². The van der Waals surface area contributed by atoms with Gasteiger partial charge >= 0.3 is 0 Å². The molecule has 2 N–H and O–H groups in total. The highest BCUT2D eigenvalue weighted by Crippen LogP contribution is 2.03. The zero-order valence-electron chi connectivity index (χ0n) is 10.4. The molecule has 0 atom stereocenters. The standard InChI is InChI=1S/C14H15N3O/c1-10-3-5-12(6-4-10)9-16-17-13(15)7-11(2)8-14(17)18/h3-9H,15H2,1-2H3/b16-9-. The molecule has 4 heteroatoms. The Bertz CT molecular complexity index is 639. The fraction of sp³-hybridized carbons (Fsp3) is 0.143. The molecule has 0 radical (unpaired) electrons. The molecule has 0 aliphatic rings. The zero-order valence-corrected chi connectivity index (χ0v) is 10.4. The summed E-state index contributed by atoms with van der Waals surface area (Å²) in [5.41, 5.74) is 8.47. The monoisotopic (exact) mass is 241 g/mol. The third kappa shape index (κ3) is 2.66. The van der Waals surface area contributed by atoms with Crippen LogP contribution in [0.1, 0.15) is 16.7 Å². The highest BCUT2D eigenvalue weighted by Gasteiger charge is 1.99. The minimum absolute atomic E-state index is 0.226. The van der Waals surface area contributed by atoms with Gasteiger partial charge in [-0.05, 0) is 31.0 Å². The van der Waals surface area contributed by atoms with E-state index in [9.17, 15) is 4.79 Å². The molecule has 2 rings (SSSR count). The summed E-state index contributed by atoms with van der Waals surface area (Å²) in [6.45, 7) is 3.84. The molecule has 0 saturated carbocycles. The van der Waals surface area contributed by atoms with E-state index in [4.69, 9.17) is 5.73 Å². The lowest BCUT2D eigenvalue weighted by Crippen LogP contribution is -2.19. The van der Waals surface area contributed by atoms with Gasteiger partial charge in [0.05, 0.1) is 6.21 Å². The molecule has 0 unspecified atom stereocenters. The van der Waals surface area contributed by atoms with Gasteiger partial charge < -0.3 is 5.73 Å². The lowest BCUT2D eigenvalue weighted by atomic mass is 10.2. The summed E-state index contributed by atoms with van der Waals surface area (Å²) in [4.78, 5) is 11.7. The van der Waals surface area contributed by atoms with Crippen LogP contribution in [0.5, 0.6) is 0 Å². The smallest absolute Gasteiger partial charge is 0.273 e. The highest BCUT2D eigenvalue weighted by atomic mass is 16.1. The number of rotatable bonds is 2. The second kappa shape index (κ2) is 4.87. The molecular weight excluding hydrogens is 226 g/mol. The maximum atomic E-state index is 11.7. The summed E-state index contributed by atoms with van der Waals surface area (Å²) in [5.74, 6) is 0.336. The van der Waals surface area contributed by atoms with Crippen molar-refractivity contribution in [2.45, 2.75) is 13.8 Å². The van der Waals surface area contributed by atoms with Gasteiger partial charge in [0, 0.05) is 6.07 Å². The average Bonchev–Trinajstić information content (AvgIpc) is 2.30. The molecule has 0 aliphatic heterocycles. The summed E-state index contributed by atoms with van der Waals surface area (Å²) < 4.78 is 1.19. The van der Waals surface area contributed by atoms with Crippen LogP contribution < -0.4 is 11.3 Å². The number of hydrogen-bond donors (Lipinski definition) is 1.